The molecule has 18 aromatic heterocycles. The Morgan fingerprint density at radius 2 is 0.738 bits per heavy atom. The number of benzene rings is 6. The van der Waals surface area contributed by atoms with Crippen molar-refractivity contribution in [1.82, 2.24) is 99.7 Å². The van der Waals surface area contributed by atoms with Crippen molar-refractivity contribution < 1.29 is 18.4 Å². The number of nitrogens with one attached hydrogen (secondary N) is 12. The first-order valence-electron chi connectivity index (χ1n) is 44.0. The highest BCUT2D eigenvalue weighted by Gasteiger charge is 2.24. The van der Waals surface area contributed by atoms with Crippen LogP contribution in [0.25, 0.3) is 135 Å². The number of aryl methyl sites for hydroxylation is 1. The summed E-state index contributed by atoms with van der Waals surface area (Å²) in [6, 6.07) is 75.9. The predicted octanol–water partition coefficient (Wildman–Crippen LogP) is 27.3. The zero-order valence-corrected chi connectivity index (χ0v) is 85.4. The molecule has 0 amide bonds. The van der Waals surface area contributed by atoms with Crippen LogP contribution in [0, 0.1) is 6.92 Å². The van der Waals surface area contributed by atoms with E-state index in [4.69, 9.17) is 18.2 Å². The Bertz CT molecular complexity index is 7910. The summed E-state index contributed by atoms with van der Waals surface area (Å²) in [4.78, 5) is 83.6. The summed E-state index contributed by atoms with van der Waals surface area (Å²) in [6.45, 7) is 5.91. The van der Waals surface area contributed by atoms with Crippen molar-refractivity contribution in [3.63, 3.8) is 0 Å². The van der Waals surface area contributed by atoms with Crippen molar-refractivity contribution in [1.29, 1.82) is 0 Å². The highest BCUT2D eigenvalue weighted by molar-refractivity contribution is 9.11. The van der Waals surface area contributed by atoms with Crippen LogP contribution >= 0.6 is 118 Å². The van der Waals surface area contributed by atoms with Crippen molar-refractivity contribution in [2.45, 2.75) is 52.4 Å². The van der Waals surface area contributed by atoms with Crippen molar-refractivity contribution in [2.24, 2.45) is 0 Å². The van der Waals surface area contributed by atoms with Crippen LogP contribution in [-0.4, -0.2) is 105 Å². The molecular weight excluding hydrogens is 2210 g/mol. The molecule has 6 aromatic carbocycles. The molecule has 700 valence electrons. The van der Waals surface area contributed by atoms with Crippen LogP contribution in [0.2, 0.25) is 0 Å². The molecule has 0 spiro atoms. The second-order valence-corrected chi connectivity index (χ2v) is 39.3. The lowest BCUT2D eigenvalue weighted by Crippen LogP contribution is -2.27. The summed E-state index contributed by atoms with van der Waals surface area (Å²) < 4.78 is 22.0. The zero-order valence-electron chi connectivity index (χ0n) is 74.3. The molecule has 0 saturated heterocycles. The number of aromatic nitrogens is 20. The molecule has 24 rings (SSSR count). The Balaban J connectivity index is 0.000000113. The molecule has 0 aliphatic rings. The Kier molecular flexibility index (Phi) is 29.0. The van der Waals surface area contributed by atoms with Gasteiger partial charge in [0, 0.05) is 155 Å². The number of hydrogen-bond acceptors (Lipinski definition) is 25. The molecule has 24 aromatic rings. The van der Waals surface area contributed by atoms with Gasteiger partial charge in [0.15, 0.2) is 45.9 Å². The molecule has 1 atom stereocenters. The van der Waals surface area contributed by atoms with Gasteiger partial charge in [0.25, 0.3) is 0 Å². The maximum absolute atomic E-state index is 11.6. The molecular formula is C103H80Br6N26O4S2. The van der Waals surface area contributed by atoms with E-state index in [1.807, 2.05) is 211 Å². The van der Waals surface area contributed by atoms with Crippen LogP contribution < -0.4 is 31.5 Å². The summed E-state index contributed by atoms with van der Waals surface area (Å²) in [7, 11) is 0. The summed E-state index contributed by atoms with van der Waals surface area (Å²) in [6.07, 6.45) is 16.3. The first-order valence-corrected chi connectivity index (χ1v) is 50.5. The lowest BCUT2D eigenvalue weighted by molar-refractivity contribution is 0.141. The van der Waals surface area contributed by atoms with Gasteiger partial charge in [-0.1, -0.05) is 6.07 Å². The quantitative estimate of drug-likeness (QED) is 0.0224. The maximum Gasteiger partial charge on any atom is 0.187 e. The second-order valence-electron chi connectivity index (χ2n) is 32.0. The Morgan fingerprint density at radius 3 is 1.07 bits per heavy atom. The fourth-order valence-electron chi connectivity index (χ4n) is 15.0. The number of fused-ring (bicyclic) bond motifs is 6. The number of furan rings is 3. The number of halogens is 6. The Morgan fingerprint density at radius 1 is 0.369 bits per heavy atom. The van der Waals surface area contributed by atoms with Gasteiger partial charge in [0.2, 0.25) is 0 Å². The van der Waals surface area contributed by atoms with Gasteiger partial charge in [0.05, 0.1) is 62.7 Å². The molecule has 18 heterocycles. The topological polar surface area (TPSA) is 401 Å². The van der Waals surface area contributed by atoms with Gasteiger partial charge in [-0.15, -0.1) is 11.3 Å². The molecule has 13 N–H and O–H groups in total. The normalized spacial score (nSPS) is 11.4. The number of H-pyrrole nitrogens is 7. The van der Waals surface area contributed by atoms with Crippen LogP contribution in [0.3, 0.4) is 0 Å². The van der Waals surface area contributed by atoms with Crippen LogP contribution in [0.5, 0.6) is 0 Å². The van der Waals surface area contributed by atoms with E-state index in [0.717, 1.165) is 237 Å². The third kappa shape index (κ3) is 23.7. The second kappa shape index (κ2) is 43.7. The molecule has 141 heavy (non-hydrogen) atoms. The molecule has 30 nitrogen and oxygen atoms in total. The molecule has 1 unspecified atom stereocenters. The van der Waals surface area contributed by atoms with Gasteiger partial charge in [-0.25, -0.2) is 64.8 Å². The lowest BCUT2D eigenvalue weighted by atomic mass is 10.1. The Hall–Kier alpha value is -14.9. The van der Waals surface area contributed by atoms with Gasteiger partial charge in [-0.3, -0.25) is 0 Å². The van der Waals surface area contributed by atoms with E-state index in [0.29, 0.717) is 37.7 Å². The highest BCUT2D eigenvalue weighted by atomic mass is 79.9. The number of aliphatic hydroxyl groups is 1. The minimum absolute atomic E-state index is 0.456. The number of pyridine rings is 6. The first kappa shape index (κ1) is 93.8. The molecule has 0 radical (unpaired) electrons. The predicted molar refractivity (Wildman–Crippen MR) is 578 cm³/mol. The summed E-state index contributed by atoms with van der Waals surface area (Å²) in [5.74, 6) is 6.82. The number of thiophene rings is 2. The van der Waals surface area contributed by atoms with E-state index in [1.165, 1.54) is 5.56 Å². The SMILES string of the molecule is Brc1cnc2[nH]c(-c3ccc(NCc4ccco4)cc3)nc2c1.Brc1cnc2[nH]c(-c3ccc(NCc4ccoc4)cc3)nc2c1.Brc1cnc2[nH]c(-c3ccc(NCc4ccsc4)cc3)nc2c1.Cc1nc[nH]c1CNc1ccc(-c2nc3cc(Br)cnc3[nH]2)cc1.OC(c1ccc(CNc2ccc(-c3nc4cc(Br)cnc4[nH]3)cc2)o1)N(Cc1cccs1)c1ccc(-c2nc3cc(Br)cnc3[nH]2)cc1. The summed E-state index contributed by atoms with van der Waals surface area (Å²) >= 11 is 23.9. The summed E-state index contributed by atoms with van der Waals surface area (Å²) in [5.41, 5.74) is 26.1. The minimum atomic E-state index is -1.00. The monoisotopic (exact) mass is 2280 g/mol. The van der Waals surface area contributed by atoms with Gasteiger partial charge >= 0.3 is 0 Å². The standard InChI is InChI=1S/C35H26Br2N8O2S.C17H15BrN6.2C17H13BrN4O.C17H13BrN4S/c36-22-14-28-33(39-16-22)43-31(41-28)20-3-7-24(8-4-20)38-18-26-11-12-30(47-26)35(46)45(19-27-2-1-13-48-27)25-9-5-21(6-10-25)32-42-29-15-23(37)17-40-34(29)44-32;1-10-15(22-9-21-10)8-19-13-4-2-11(3-5-13)16-23-14-6-12(18)7-20-17(14)24-16;18-13-7-15-17(20-9-13)22-16(21-15)12-1-3-14(4-2-12)19-8-11-5-6-23-10-11;18-12-8-15-17(20-9-12)22-16(21-15)11-3-5-13(6-4-11)19-10-14-2-1-7-23-14;18-13-7-15-17(20-9-13)22-16(21-15)12-1-3-14(4-2-12)19-8-11-5-6-23-10-11/h1-17,35,38,46H,18-19H2,(H,39,41,43)(H,40,42,44);2-7,9,19H,8H2,1H3,(H,21,22)(H,20,23,24);1-7,9-10,19H,8H2,(H,20,21,22);1-9,19H,10H2,(H,20,21,22);1-7,9-10,19H,8H2,(H,20,21,22). The number of rotatable bonds is 26. The fourth-order valence-corrected chi connectivity index (χ4v) is 18.3. The number of aromatic amines is 7. The van der Waals surface area contributed by atoms with Crippen molar-refractivity contribution in [2.75, 3.05) is 31.5 Å². The van der Waals surface area contributed by atoms with Crippen LogP contribution in [0.15, 0.2) is 349 Å². The number of anilines is 6. The fraction of sp³-hybridized carbons (Fsp3) is 0.0777. The third-order valence-electron chi connectivity index (χ3n) is 22.3. The van der Waals surface area contributed by atoms with Crippen molar-refractivity contribution in [3.8, 4) is 68.3 Å². The number of aliphatic hydroxyl groups excluding tert-OH is 1. The van der Waals surface area contributed by atoms with E-state index in [-0.39, 0.29) is 0 Å². The molecule has 0 aliphatic carbocycles. The average molecular weight is 2290 g/mol. The molecule has 0 saturated carbocycles. The highest BCUT2D eigenvalue weighted by Crippen LogP contribution is 2.36. The minimum Gasteiger partial charge on any atom is -0.472 e. The van der Waals surface area contributed by atoms with E-state index in [9.17, 15) is 5.11 Å². The van der Waals surface area contributed by atoms with Crippen molar-refractivity contribution in [3.05, 3.63) is 380 Å². The molecule has 0 fully saturated rings. The Labute approximate surface area is 862 Å². The van der Waals surface area contributed by atoms with E-state index in [1.54, 1.807) is 85.0 Å². The maximum atomic E-state index is 11.6. The largest absolute Gasteiger partial charge is 0.472 e. The van der Waals surface area contributed by atoms with Gasteiger partial charge in [-0.2, -0.15) is 11.3 Å². The first-order chi connectivity index (χ1) is 69.0. The van der Waals surface area contributed by atoms with Crippen LogP contribution in [0.1, 0.15) is 50.9 Å². The van der Waals surface area contributed by atoms with Crippen LogP contribution in [0.4, 0.5) is 34.1 Å². The van der Waals surface area contributed by atoms with Gasteiger partial charge < -0.3 is 84.7 Å². The van der Waals surface area contributed by atoms with E-state index in [2.05, 4.69) is 264 Å². The average Bonchev–Trinajstić information content (AvgIpc) is 1.63. The van der Waals surface area contributed by atoms with Gasteiger partial charge in [0.1, 0.15) is 79.6 Å². The van der Waals surface area contributed by atoms with E-state index < -0.39 is 6.23 Å². The molecule has 0 aliphatic heterocycles. The summed E-state index contributed by atoms with van der Waals surface area (Å²) in [5, 5.41) is 34.8. The van der Waals surface area contributed by atoms with Crippen LogP contribution in [-0.2, 0) is 39.3 Å². The molecule has 38 heteroatoms. The van der Waals surface area contributed by atoms with E-state index >= 15 is 0 Å². The van der Waals surface area contributed by atoms with Gasteiger partial charge in [-0.05, 0) is 349 Å². The molecule has 0 bridgehead atoms. The van der Waals surface area contributed by atoms with Crippen molar-refractivity contribution >= 4 is 219 Å². The lowest BCUT2D eigenvalue weighted by Gasteiger charge is -2.28. The smallest absolute Gasteiger partial charge is 0.187 e. The third-order valence-corrected chi connectivity index (χ3v) is 26.5. The number of imidazole rings is 7. The number of nitrogens with zero attached hydrogens (tertiary/aromatic N) is 14. The zero-order chi connectivity index (χ0) is 96.1. The number of hydrogen-bond donors (Lipinski definition) is 13.